The molecule has 0 saturated carbocycles. The summed E-state index contributed by atoms with van der Waals surface area (Å²) in [6.45, 7) is 8.15. The number of hydrogen-bond acceptors (Lipinski definition) is 3. The summed E-state index contributed by atoms with van der Waals surface area (Å²) in [5.74, 6) is 0. The second-order valence-electron chi connectivity index (χ2n) is 4.75. The van der Waals surface area contributed by atoms with Crippen molar-refractivity contribution < 1.29 is 0 Å². The van der Waals surface area contributed by atoms with E-state index in [0.717, 1.165) is 24.3 Å². The number of hydrogen-bond donors (Lipinski definition) is 2. The molecular formula is C15H20N2S. The van der Waals surface area contributed by atoms with Crippen molar-refractivity contribution in [2.75, 3.05) is 5.73 Å². The van der Waals surface area contributed by atoms with Gasteiger partial charge in [0.2, 0.25) is 0 Å². The van der Waals surface area contributed by atoms with Crippen LogP contribution in [0.1, 0.15) is 26.4 Å². The van der Waals surface area contributed by atoms with Gasteiger partial charge in [-0.15, -0.1) is 11.3 Å². The van der Waals surface area contributed by atoms with Crippen LogP contribution < -0.4 is 11.1 Å². The van der Waals surface area contributed by atoms with Crippen molar-refractivity contribution in [2.24, 2.45) is 0 Å². The van der Waals surface area contributed by atoms with Crippen LogP contribution in [0.5, 0.6) is 0 Å². The summed E-state index contributed by atoms with van der Waals surface area (Å²) in [4.78, 5) is 2.80. The van der Waals surface area contributed by atoms with Crippen molar-refractivity contribution in [1.29, 1.82) is 0 Å². The summed E-state index contributed by atoms with van der Waals surface area (Å²) in [7, 11) is 0. The highest BCUT2D eigenvalue weighted by atomic mass is 32.1. The molecule has 0 spiro atoms. The molecule has 0 saturated heterocycles. The molecule has 1 aromatic carbocycles. The molecule has 96 valence electrons. The lowest BCUT2D eigenvalue weighted by Gasteiger charge is -2.06. The molecule has 3 N–H and O–H groups in total. The third kappa shape index (κ3) is 3.12. The number of nitrogen functional groups attached to an aromatic ring is 1. The Morgan fingerprint density at radius 2 is 1.83 bits per heavy atom. The maximum atomic E-state index is 5.90. The lowest BCUT2D eigenvalue weighted by Crippen LogP contribution is -2.12. The van der Waals surface area contributed by atoms with Crippen molar-refractivity contribution >= 4 is 17.0 Å². The highest BCUT2D eigenvalue weighted by Gasteiger charge is 2.01. The first-order chi connectivity index (χ1) is 8.56. The summed E-state index contributed by atoms with van der Waals surface area (Å²) in [5, 5.41) is 3.46. The molecule has 0 aliphatic rings. The molecule has 0 aliphatic carbocycles. The van der Waals surface area contributed by atoms with Gasteiger partial charge in [0, 0.05) is 28.5 Å². The average molecular weight is 260 g/mol. The summed E-state index contributed by atoms with van der Waals surface area (Å²) < 4.78 is 0. The van der Waals surface area contributed by atoms with Gasteiger partial charge in [-0.2, -0.15) is 0 Å². The number of benzene rings is 1. The fourth-order valence-electron chi connectivity index (χ4n) is 1.87. The van der Waals surface area contributed by atoms with Crippen molar-refractivity contribution in [3.8, 4) is 0 Å². The van der Waals surface area contributed by atoms with E-state index in [1.54, 1.807) is 0 Å². The zero-order chi connectivity index (χ0) is 13.1. The van der Waals surface area contributed by atoms with Crippen LogP contribution in [0.15, 0.2) is 24.3 Å². The van der Waals surface area contributed by atoms with Crippen molar-refractivity contribution in [3.63, 3.8) is 0 Å². The first kappa shape index (κ1) is 13.1. The second kappa shape index (κ2) is 5.55. The normalized spacial score (nSPS) is 10.8. The molecule has 3 heteroatoms. The fourth-order valence-corrected chi connectivity index (χ4v) is 2.89. The Balaban J connectivity index is 1.90. The molecule has 2 nitrogen and oxygen atoms in total. The molecule has 2 rings (SSSR count). The number of nitrogens with two attached hydrogens (primary N) is 1. The summed E-state index contributed by atoms with van der Waals surface area (Å²) in [6, 6.07) is 8.51. The maximum Gasteiger partial charge on any atom is 0.0346 e. The van der Waals surface area contributed by atoms with Gasteiger partial charge in [-0.25, -0.2) is 0 Å². The van der Waals surface area contributed by atoms with E-state index in [-0.39, 0.29) is 0 Å². The molecule has 0 fully saturated rings. The van der Waals surface area contributed by atoms with Crippen LogP contribution >= 0.6 is 11.3 Å². The molecule has 1 aromatic heterocycles. The molecule has 18 heavy (non-hydrogen) atoms. The number of anilines is 1. The SMILES string of the molecule is Cc1ccc(CNCc2cc(C)c(C)s2)cc1N. The molecule has 0 unspecified atom stereocenters. The number of thiophene rings is 1. The molecule has 1 heterocycles. The van der Waals surface area contributed by atoms with E-state index in [1.807, 2.05) is 24.3 Å². The Labute approximate surface area is 113 Å². The lowest BCUT2D eigenvalue weighted by atomic mass is 10.1. The van der Waals surface area contributed by atoms with Gasteiger partial charge >= 0.3 is 0 Å². The van der Waals surface area contributed by atoms with Gasteiger partial charge < -0.3 is 11.1 Å². The van der Waals surface area contributed by atoms with E-state index in [9.17, 15) is 0 Å². The van der Waals surface area contributed by atoms with E-state index in [4.69, 9.17) is 5.73 Å². The molecule has 0 amide bonds. The summed E-state index contributed by atoms with van der Waals surface area (Å²) in [5.41, 5.74) is 10.5. The minimum absolute atomic E-state index is 0.862. The molecule has 0 aliphatic heterocycles. The van der Waals surface area contributed by atoms with Crippen molar-refractivity contribution in [1.82, 2.24) is 5.32 Å². The lowest BCUT2D eigenvalue weighted by molar-refractivity contribution is 0.701. The van der Waals surface area contributed by atoms with E-state index in [1.165, 1.54) is 20.9 Å². The standard InChI is InChI=1S/C15H20N2S/c1-10-4-5-13(7-15(10)16)8-17-9-14-6-11(2)12(3)18-14/h4-7,17H,8-9,16H2,1-3H3. The van der Waals surface area contributed by atoms with Gasteiger partial charge in [-0.05, 0) is 49.6 Å². The topological polar surface area (TPSA) is 38.0 Å². The summed E-state index contributed by atoms with van der Waals surface area (Å²) >= 11 is 1.87. The molecule has 2 aromatic rings. The Bertz CT molecular complexity index is 524. The first-order valence-corrected chi connectivity index (χ1v) is 6.99. The fraction of sp³-hybridized carbons (Fsp3) is 0.333. The van der Waals surface area contributed by atoms with E-state index in [0.29, 0.717) is 0 Å². The van der Waals surface area contributed by atoms with Crippen LogP contribution in [-0.4, -0.2) is 0 Å². The highest BCUT2D eigenvalue weighted by Crippen LogP contribution is 2.20. The third-order valence-electron chi connectivity index (χ3n) is 3.19. The average Bonchev–Trinajstić information content (AvgIpc) is 2.63. The Morgan fingerprint density at radius 3 is 2.44 bits per heavy atom. The zero-order valence-corrected chi connectivity index (χ0v) is 12.0. The minimum atomic E-state index is 0.862. The Morgan fingerprint density at radius 1 is 1.06 bits per heavy atom. The van der Waals surface area contributed by atoms with Gasteiger partial charge in [0.1, 0.15) is 0 Å². The summed E-state index contributed by atoms with van der Waals surface area (Å²) in [6.07, 6.45) is 0. The Kier molecular flexibility index (Phi) is 4.04. The van der Waals surface area contributed by atoms with E-state index in [2.05, 4.69) is 37.4 Å². The van der Waals surface area contributed by atoms with Gasteiger partial charge in [0.05, 0.1) is 0 Å². The molecule has 0 atom stereocenters. The number of rotatable bonds is 4. The van der Waals surface area contributed by atoms with Gasteiger partial charge in [0.15, 0.2) is 0 Å². The Hall–Kier alpha value is -1.32. The minimum Gasteiger partial charge on any atom is -0.399 e. The number of nitrogens with one attached hydrogen (secondary N) is 1. The third-order valence-corrected chi connectivity index (χ3v) is 4.34. The first-order valence-electron chi connectivity index (χ1n) is 6.18. The van der Waals surface area contributed by atoms with Crippen LogP contribution in [0.2, 0.25) is 0 Å². The highest BCUT2D eigenvalue weighted by molar-refractivity contribution is 7.12. The van der Waals surface area contributed by atoms with Gasteiger partial charge in [-0.1, -0.05) is 12.1 Å². The van der Waals surface area contributed by atoms with Crippen molar-refractivity contribution in [2.45, 2.75) is 33.9 Å². The maximum absolute atomic E-state index is 5.90. The van der Waals surface area contributed by atoms with Crippen LogP contribution in [-0.2, 0) is 13.1 Å². The number of aryl methyl sites for hydroxylation is 3. The van der Waals surface area contributed by atoms with Gasteiger partial charge in [-0.3, -0.25) is 0 Å². The van der Waals surface area contributed by atoms with Gasteiger partial charge in [0.25, 0.3) is 0 Å². The molecule has 0 bridgehead atoms. The molecule has 0 radical (unpaired) electrons. The van der Waals surface area contributed by atoms with Crippen LogP contribution in [0, 0.1) is 20.8 Å². The monoisotopic (exact) mass is 260 g/mol. The smallest absolute Gasteiger partial charge is 0.0346 e. The predicted molar refractivity (Wildman–Crippen MR) is 79.9 cm³/mol. The van der Waals surface area contributed by atoms with Crippen LogP contribution in [0.4, 0.5) is 5.69 Å². The van der Waals surface area contributed by atoms with E-state index >= 15 is 0 Å². The second-order valence-corrected chi connectivity index (χ2v) is 6.09. The zero-order valence-electron chi connectivity index (χ0n) is 11.2. The van der Waals surface area contributed by atoms with Crippen LogP contribution in [0.25, 0.3) is 0 Å². The van der Waals surface area contributed by atoms with Crippen molar-refractivity contribution in [3.05, 3.63) is 50.7 Å². The largest absolute Gasteiger partial charge is 0.399 e. The molecular weight excluding hydrogens is 240 g/mol. The van der Waals surface area contributed by atoms with E-state index < -0.39 is 0 Å². The quantitative estimate of drug-likeness (QED) is 0.825. The van der Waals surface area contributed by atoms with Crippen LogP contribution in [0.3, 0.4) is 0 Å². The predicted octanol–water partition coefficient (Wildman–Crippen LogP) is 3.55.